The van der Waals surface area contributed by atoms with Crippen LogP contribution in [0.4, 0.5) is 0 Å². The van der Waals surface area contributed by atoms with Crippen molar-refractivity contribution >= 4 is 17.7 Å². The number of carbonyl (C=O) groups is 1. The van der Waals surface area contributed by atoms with E-state index >= 15 is 0 Å². The Morgan fingerprint density at radius 3 is 2.70 bits per heavy atom. The SMILES string of the molecule is C=CCn1c(SCC(=O)OCC)nnc1-c1ccc(OC)cc1. The maximum Gasteiger partial charge on any atom is 0.316 e. The molecule has 0 bridgehead atoms. The van der Waals surface area contributed by atoms with E-state index in [0.717, 1.165) is 17.1 Å². The summed E-state index contributed by atoms with van der Waals surface area (Å²) in [5, 5.41) is 9.07. The molecule has 6 nitrogen and oxygen atoms in total. The van der Waals surface area contributed by atoms with Crippen LogP contribution in [0.25, 0.3) is 11.4 Å². The summed E-state index contributed by atoms with van der Waals surface area (Å²) in [5.41, 5.74) is 0.920. The van der Waals surface area contributed by atoms with E-state index < -0.39 is 0 Å². The highest BCUT2D eigenvalue weighted by Gasteiger charge is 2.15. The monoisotopic (exact) mass is 333 g/mol. The first-order valence-corrected chi connectivity index (χ1v) is 8.15. The number of benzene rings is 1. The quantitative estimate of drug-likeness (QED) is 0.420. The van der Waals surface area contributed by atoms with E-state index in [2.05, 4.69) is 16.8 Å². The highest BCUT2D eigenvalue weighted by molar-refractivity contribution is 7.99. The van der Waals surface area contributed by atoms with E-state index in [4.69, 9.17) is 9.47 Å². The topological polar surface area (TPSA) is 66.2 Å². The molecule has 1 aromatic carbocycles. The predicted octanol–water partition coefficient (Wildman–Crippen LogP) is 2.79. The average Bonchev–Trinajstić information content (AvgIpc) is 2.96. The first-order valence-electron chi connectivity index (χ1n) is 7.16. The van der Waals surface area contributed by atoms with Crippen LogP contribution in [0, 0.1) is 0 Å². The Kier molecular flexibility index (Phi) is 6.22. The number of hydrogen-bond acceptors (Lipinski definition) is 6. The molecule has 0 spiro atoms. The number of methoxy groups -OCH3 is 1. The molecule has 0 aliphatic rings. The molecule has 2 aromatic rings. The number of rotatable bonds is 8. The Labute approximate surface area is 139 Å². The highest BCUT2D eigenvalue weighted by atomic mass is 32.2. The van der Waals surface area contributed by atoms with Crippen LogP contribution in [0.1, 0.15) is 6.92 Å². The van der Waals surface area contributed by atoms with Gasteiger partial charge in [0, 0.05) is 12.1 Å². The molecule has 0 amide bonds. The van der Waals surface area contributed by atoms with Crippen molar-refractivity contribution in [3.05, 3.63) is 36.9 Å². The number of esters is 1. The molecule has 1 aromatic heterocycles. The minimum atomic E-state index is -0.267. The zero-order chi connectivity index (χ0) is 16.7. The van der Waals surface area contributed by atoms with Crippen molar-refractivity contribution in [2.45, 2.75) is 18.6 Å². The Morgan fingerprint density at radius 1 is 1.35 bits per heavy atom. The van der Waals surface area contributed by atoms with Crippen LogP contribution in [0.2, 0.25) is 0 Å². The van der Waals surface area contributed by atoms with Gasteiger partial charge in [0.2, 0.25) is 0 Å². The second-order valence-electron chi connectivity index (χ2n) is 4.53. The van der Waals surface area contributed by atoms with Crippen molar-refractivity contribution in [2.75, 3.05) is 19.5 Å². The van der Waals surface area contributed by atoms with Gasteiger partial charge in [0.1, 0.15) is 5.75 Å². The Bertz CT molecular complexity index is 668. The number of ether oxygens (including phenoxy) is 2. The number of carbonyl (C=O) groups excluding carboxylic acids is 1. The van der Waals surface area contributed by atoms with Crippen LogP contribution >= 0.6 is 11.8 Å². The molecule has 0 aliphatic carbocycles. The van der Waals surface area contributed by atoms with Crippen LogP contribution in [0.15, 0.2) is 42.1 Å². The zero-order valence-electron chi connectivity index (χ0n) is 13.2. The van der Waals surface area contributed by atoms with Gasteiger partial charge in [-0.15, -0.1) is 16.8 Å². The van der Waals surface area contributed by atoms with Gasteiger partial charge in [-0.05, 0) is 31.2 Å². The van der Waals surface area contributed by atoms with Gasteiger partial charge in [-0.1, -0.05) is 17.8 Å². The molecule has 2 rings (SSSR count). The van der Waals surface area contributed by atoms with Gasteiger partial charge in [-0.25, -0.2) is 0 Å². The van der Waals surface area contributed by atoms with Crippen molar-refractivity contribution in [3.8, 4) is 17.1 Å². The smallest absolute Gasteiger partial charge is 0.316 e. The summed E-state index contributed by atoms with van der Waals surface area (Å²) in [6.07, 6.45) is 1.77. The van der Waals surface area contributed by atoms with Crippen molar-refractivity contribution < 1.29 is 14.3 Å². The lowest BCUT2D eigenvalue weighted by atomic mass is 10.2. The molecule has 0 radical (unpaired) electrons. The second-order valence-corrected chi connectivity index (χ2v) is 5.47. The van der Waals surface area contributed by atoms with Crippen molar-refractivity contribution in [1.82, 2.24) is 14.8 Å². The molecule has 7 heteroatoms. The summed E-state index contributed by atoms with van der Waals surface area (Å²) < 4.78 is 12.0. The summed E-state index contributed by atoms with van der Waals surface area (Å²) in [4.78, 5) is 11.5. The van der Waals surface area contributed by atoms with Gasteiger partial charge in [0.25, 0.3) is 0 Å². The predicted molar refractivity (Wildman–Crippen MR) is 89.6 cm³/mol. The summed E-state index contributed by atoms with van der Waals surface area (Å²) >= 11 is 1.30. The molecule has 0 N–H and O–H groups in total. The first kappa shape index (κ1) is 17.1. The number of allylic oxidation sites excluding steroid dienone is 1. The summed E-state index contributed by atoms with van der Waals surface area (Å²) in [6, 6.07) is 7.58. The minimum Gasteiger partial charge on any atom is -0.497 e. The minimum absolute atomic E-state index is 0.200. The summed E-state index contributed by atoms with van der Waals surface area (Å²) in [7, 11) is 1.62. The molecule has 0 aliphatic heterocycles. The fourth-order valence-electron chi connectivity index (χ4n) is 1.97. The average molecular weight is 333 g/mol. The zero-order valence-corrected chi connectivity index (χ0v) is 14.0. The number of thioether (sulfide) groups is 1. The molecule has 0 atom stereocenters. The Balaban J connectivity index is 2.22. The van der Waals surface area contributed by atoms with Gasteiger partial charge in [-0.2, -0.15) is 0 Å². The maximum absolute atomic E-state index is 11.5. The van der Waals surface area contributed by atoms with E-state index in [-0.39, 0.29) is 11.7 Å². The third-order valence-electron chi connectivity index (χ3n) is 3.00. The van der Waals surface area contributed by atoms with Crippen LogP contribution in [0.5, 0.6) is 5.75 Å². The largest absolute Gasteiger partial charge is 0.497 e. The van der Waals surface area contributed by atoms with Crippen LogP contribution in [0.3, 0.4) is 0 Å². The molecule has 0 saturated heterocycles. The molecule has 23 heavy (non-hydrogen) atoms. The molecule has 1 heterocycles. The molecule has 122 valence electrons. The van der Waals surface area contributed by atoms with Crippen LogP contribution < -0.4 is 4.74 Å². The van der Waals surface area contributed by atoms with Crippen molar-refractivity contribution in [3.63, 3.8) is 0 Å². The van der Waals surface area contributed by atoms with Crippen LogP contribution in [-0.4, -0.2) is 40.2 Å². The summed E-state index contributed by atoms with van der Waals surface area (Å²) in [6.45, 7) is 6.47. The second kappa shape index (κ2) is 8.38. The molecular weight excluding hydrogens is 314 g/mol. The Hall–Kier alpha value is -2.28. The lowest BCUT2D eigenvalue weighted by Gasteiger charge is -2.08. The molecule has 0 saturated carbocycles. The van der Waals surface area contributed by atoms with E-state index in [1.165, 1.54) is 11.8 Å². The Morgan fingerprint density at radius 2 is 2.09 bits per heavy atom. The van der Waals surface area contributed by atoms with Gasteiger partial charge in [0.15, 0.2) is 11.0 Å². The number of nitrogens with zero attached hydrogens (tertiary/aromatic N) is 3. The van der Waals surface area contributed by atoms with E-state index in [9.17, 15) is 4.79 Å². The van der Waals surface area contributed by atoms with Gasteiger partial charge < -0.3 is 9.47 Å². The standard InChI is InChI=1S/C16H19N3O3S/c1-4-10-19-15(12-6-8-13(21-3)9-7-12)17-18-16(19)23-11-14(20)22-5-2/h4,6-9H,1,5,10-11H2,2-3H3. The number of aromatic nitrogens is 3. The van der Waals surface area contributed by atoms with E-state index in [0.29, 0.717) is 18.3 Å². The van der Waals surface area contributed by atoms with Crippen molar-refractivity contribution in [2.24, 2.45) is 0 Å². The van der Waals surface area contributed by atoms with Gasteiger partial charge in [0.05, 0.1) is 19.5 Å². The molecular formula is C16H19N3O3S. The van der Waals surface area contributed by atoms with E-state index in [1.807, 2.05) is 28.8 Å². The summed E-state index contributed by atoms with van der Waals surface area (Å²) in [5.74, 6) is 1.43. The normalized spacial score (nSPS) is 10.3. The molecule has 0 unspecified atom stereocenters. The van der Waals surface area contributed by atoms with Gasteiger partial charge in [-0.3, -0.25) is 9.36 Å². The lowest BCUT2D eigenvalue weighted by molar-refractivity contribution is -0.139. The third kappa shape index (κ3) is 4.35. The lowest BCUT2D eigenvalue weighted by Crippen LogP contribution is -2.08. The fraction of sp³-hybridized carbons (Fsp3) is 0.312. The van der Waals surface area contributed by atoms with Crippen molar-refractivity contribution in [1.29, 1.82) is 0 Å². The molecule has 0 fully saturated rings. The third-order valence-corrected chi connectivity index (χ3v) is 3.94. The number of hydrogen-bond donors (Lipinski definition) is 0. The highest BCUT2D eigenvalue weighted by Crippen LogP contribution is 2.25. The van der Waals surface area contributed by atoms with Crippen LogP contribution in [-0.2, 0) is 16.1 Å². The fourth-order valence-corrected chi connectivity index (χ4v) is 2.71. The first-order chi connectivity index (χ1) is 11.2. The van der Waals surface area contributed by atoms with E-state index in [1.54, 1.807) is 20.1 Å². The van der Waals surface area contributed by atoms with Gasteiger partial charge >= 0.3 is 5.97 Å². The maximum atomic E-state index is 11.5.